The summed E-state index contributed by atoms with van der Waals surface area (Å²) in [5.74, 6) is 0.921. The largest absolute Gasteiger partial charge is 0.497 e. The number of nitrogens with one attached hydrogen (secondary N) is 2. The molecule has 4 aromatic rings. The van der Waals surface area contributed by atoms with Gasteiger partial charge in [0.1, 0.15) is 18.1 Å². The number of methoxy groups -OCH3 is 1. The summed E-state index contributed by atoms with van der Waals surface area (Å²) in [6.07, 6.45) is 1.69. The molecule has 0 bridgehead atoms. The highest BCUT2D eigenvalue weighted by Crippen LogP contribution is 2.26. The van der Waals surface area contributed by atoms with Crippen molar-refractivity contribution in [2.45, 2.75) is 26.7 Å². The molecule has 8 nitrogen and oxygen atoms in total. The lowest BCUT2D eigenvalue weighted by Crippen LogP contribution is -2.41. The molecule has 0 aliphatic rings. The molecule has 0 saturated carbocycles. The van der Waals surface area contributed by atoms with Gasteiger partial charge < -0.3 is 20.3 Å². The Bertz CT molecular complexity index is 1370. The molecule has 0 aliphatic heterocycles. The molecule has 3 amide bonds. The number of urea groups is 1. The van der Waals surface area contributed by atoms with Crippen LogP contribution in [0.1, 0.15) is 25.3 Å². The zero-order valence-electron chi connectivity index (χ0n) is 22.0. The van der Waals surface area contributed by atoms with E-state index in [9.17, 15) is 9.59 Å². The highest BCUT2D eigenvalue weighted by Gasteiger charge is 2.20. The predicted molar refractivity (Wildman–Crippen MR) is 151 cm³/mol. The van der Waals surface area contributed by atoms with Crippen LogP contribution in [-0.2, 0) is 4.79 Å². The number of hydrogen-bond acceptors (Lipinski definition) is 4. The molecule has 0 fully saturated rings. The number of aryl methyl sites for hydroxylation is 1. The molecule has 0 saturated heterocycles. The van der Waals surface area contributed by atoms with Crippen molar-refractivity contribution in [1.82, 2.24) is 14.7 Å². The first-order valence-corrected chi connectivity index (χ1v) is 12.7. The van der Waals surface area contributed by atoms with Crippen molar-refractivity contribution < 1.29 is 14.3 Å². The van der Waals surface area contributed by atoms with Gasteiger partial charge in [-0.2, -0.15) is 5.10 Å². The molecule has 4 rings (SSSR count). The molecular formula is C30H33N5O3. The Morgan fingerprint density at radius 2 is 1.71 bits per heavy atom. The van der Waals surface area contributed by atoms with E-state index < -0.39 is 0 Å². The second-order valence-corrected chi connectivity index (χ2v) is 9.01. The van der Waals surface area contributed by atoms with Gasteiger partial charge in [-0.05, 0) is 55.3 Å². The Kier molecular flexibility index (Phi) is 8.77. The Morgan fingerprint density at radius 3 is 2.39 bits per heavy atom. The second kappa shape index (κ2) is 12.6. The van der Waals surface area contributed by atoms with Gasteiger partial charge in [-0.1, -0.05) is 55.8 Å². The molecule has 2 N–H and O–H groups in total. The van der Waals surface area contributed by atoms with Crippen LogP contribution in [0.5, 0.6) is 5.75 Å². The number of carbonyl (C=O) groups excluding carboxylic acids is 2. The summed E-state index contributed by atoms with van der Waals surface area (Å²) in [4.78, 5) is 27.8. The van der Waals surface area contributed by atoms with Gasteiger partial charge in [-0.25, -0.2) is 9.48 Å². The number of rotatable bonds is 10. The van der Waals surface area contributed by atoms with Crippen LogP contribution in [-0.4, -0.2) is 46.8 Å². The van der Waals surface area contributed by atoms with E-state index in [0.29, 0.717) is 18.1 Å². The van der Waals surface area contributed by atoms with Crippen molar-refractivity contribution in [2.75, 3.05) is 30.8 Å². The minimum Gasteiger partial charge on any atom is -0.497 e. The average Bonchev–Trinajstić information content (AvgIpc) is 3.35. The smallest absolute Gasteiger partial charge is 0.322 e. The minimum absolute atomic E-state index is 0.0912. The molecule has 1 aromatic heterocycles. The lowest BCUT2D eigenvalue weighted by molar-refractivity contribution is -0.116. The lowest BCUT2D eigenvalue weighted by Gasteiger charge is -2.22. The molecule has 38 heavy (non-hydrogen) atoms. The Balaban J connectivity index is 1.56. The lowest BCUT2D eigenvalue weighted by atomic mass is 10.1. The first kappa shape index (κ1) is 26.5. The highest BCUT2D eigenvalue weighted by molar-refractivity contribution is 5.97. The molecular weight excluding hydrogens is 478 g/mol. The third-order valence-corrected chi connectivity index (χ3v) is 6.04. The van der Waals surface area contributed by atoms with Crippen LogP contribution >= 0.6 is 0 Å². The van der Waals surface area contributed by atoms with Gasteiger partial charge in [-0.15, -0.1) is 0 Å². The first-order valence-electron chi connectivity index (χ1n) is 12.7. The number of ether oxygens (including phenoxy) is 1. The van der Waals surface area contributed by atoms with Gasteiger partial charge in [0.2, 0.25) is 5.91 Å². The van der Waals surface area contributed by atoms with Crippen molar-refractivity contribution in [3.63, 3.8) is 0 Å². The van der Waals surface area contributed by atoms with Crippen molar-refractivity contribution in [2.24, 2.45) is 0 Å². The van der Waals surface area contributed by atoms with E-state index in [0.717, 1.165) is 41.1 Å². The second-order valence-electron chi connectivity index (χ2n) is 9.01. The summed E-state index contributed by atoms with van der Waals surface area (Å²) in [6, 6.07) is 26.3. The third kappa shape index (κ3) is 6.79. The molecule has 0 spiro atoms. The maximum Gasteiger partial charge on any atom is 0.322 e. The van der Waals surface area contributed by atoms with Crippen molar-refractivity contribution in [3.05, 3.63) is 90.5 Å². The van der Waals surface area contributed by atoms with Crippen LogP contribution in [0.3, 0.4) is 0 Å². The Hall–Kier alpha value is -4.59. The van der Waals surface area contributed by atoms with E-state index in [1.807, 2.05) is 91.9 Å². The third-order valence-electron chi connectivity index (χ3n) is 6.04. The van der Waals surface area contributed by atoms with Gasteiger partial charge in [0.25, 0.3) is 0 Å². The summed E-state index contributed by atoms with van der Waals surface area (Å²) in [6.45, 7) is 4.39. The monoisotopic (exact) mass is 511 g/mol. The zero-order chi connectivity index (χ0) is 26.9. The molecule has 3 aromatic carbocycles. The maximum atomic E-state index is 13.2. The molecule has 0 unspecified atom stereocenters. The van der Waals surface area contributed by atoms with Gasteiger partial charge >= 0.3 is 6.03 Å². The van der Waals surface area contributed by atoms with Gasteiger partial charge in [0, 0.05) is 23.9 Å². The van der Waals surface area contributed by atoms with Crippen molar-refractivity contribution in [1.29, 1.82) is 0 Å². The molecule has 1 heterocycles. The molecule has 196 valence electrons. The van der Waals surface area contributed by atoms with Crippen molar-refractivity contribution in [3.8, 4) is 22.7 Å². The SMILES string of the molecule is CCCCN(CC(=O)Nc1cc(-c2ccccc2)nn1-c1ccc(OC)cc1)C(=O)Nc1cccc(C)c1. The Morgan fingerprint density at radius 1 is 0.947 bits per heavy atom. The van der Waals surface area contributed by atoms with E-state index in [1.54, 1.807) is 11.8 Å². The van der Waals surface area contributed by atoms with E-state index in [-0.39, 0.29) is 18.5 Å². The standard InChI is InChI=1S/C30H33N5O3/c1-4-5-18-34(30(37)31-24-13-9-10-22(2)19-24)21-29(36)32-28-20-27(23-11-7-6-8-12-23)33-35(28)25-14-16-26(38-3)17-15-25/h6-17,19-20H,4-5,18,21H2,1-3H3,(H,31,37)(H,32,36). The van der Waals surface area contributed by atoms with Gasteiger partial charge in [0.05, 0.1) is 18.5 Å². The number of aromatic nitrogens is 2. The van der Waals surface area contributed by atoms with E-state index in [4.69, 9.17) is 9.84 Å². The summed E-state index contributed by atoms with van der Waals surface area (Å²) in [5.41, 5.74) is 4.15. The molecule has 0 radical (unpaired) electrons. The number of amides is 3. The number of anilines is 2. The Labute approximate surface area is 223 Å². The predicted octanol–water partition coefficient (Wildman–Crippen LogP) is 6.13. The summed E-state index contributed by atoms with van der Waals surface area (Å²) < 4.78 is 6.96. The number of benzene rings is 3. The molecule has 8 heteroatoms. The number of nitrogens with zero attached hydrogens (tertiary/aromatic N) is 3. The van der Waals surface area contributed by atoms with Crippen LogP contribution in [0.15, 0.2) is 84.9 Å². The fourth-order valence-electron chi connectivity index (χ4n) is 4.02. The van der Waals surface area contributed by atoms with E-state index in [2.05, 4.69) is 17.6 Å². The molecule has 0 atom stereocenters. The maximum absolute atomic E-state index is 13.2. The molecule has 0 aliphatic carbocycles. The van der Waals surface area contributed by atoms with Crippen LogP contribution in [0.4, 0.5) is 16.3 Å². The zero-order valence-corrected chi connectivity index (χ0v) is 22.0. The van der Waals surface area contributed by atoms with Gasteiger partial charge in [-0.3, -0.25) is 4.79 Å². The topological polar surface area (TPSA) is 88.5 Å². The number of carbonyl (C=O) groups is 2. The van der Waals surface area contributed by atoms with Crippen LogP contribution in [0, 0.1) is 6.92 Å². The van der Waals surface area contributed by atoms with Gasteiger partial charge in [0.15, 0.2) is 0 Å². The first-order chi connectivity index (χ1) is 18.5. The summed E-state index contributed by atoms with van der Waals surface area (Å²) in [7, 11) is 1.61. The number of hydrogen-bond donors (Lipinski definition) is 2. The quantitative estimate of drug-likeness (QED) is 0.268. The van der Waals surface area contributed by atoms with E-state index >= 15 is 0 Å². The summed E-state index contributed by atoms with van der Waals surface area (Å²) >= 11 is 0. The highest BCUT2D eigenvalue weighted by atomic mass is 16.5. The fraction of sp³-hybridized carbons (Fsp3) is 0.233. The normalized spacial score (nSPS) is 10.6. The van der Waals surface area contributed by atoms with Crippen molar-refractivity contribution >= 4 is 23.4 Å². The fourth-order valence-corrected chi connectivity index (χ4v) is 4.02. The minimum atomic E-state index is -0.312. The number of unbranched alkanes of at least 4 members (excludes halogenated alkanes) is 1. The van der Waals surface area contributed by atoms with Crippen LogP contribution in [0.25, 0.3) is 16.9 Å². The van der Waals surface area contributed by atoms with E-state index in [1.165, 1.54) is 4.90 Å². The van der Waals surface area contributed by atoms with Crippen LogP contribution in [0.2, 0.25) is 0 Å². The average molecular weight is 512 g/mol. The summed E-state index contributed by atoms with van der Waals surface area (Å²) in [5, 5.41) is 10.6. The van der Waals surface area contributed by atoms with Crippen LogP contribution < -0.4 is 15.4 Å².